The van der Waals surface area contributed by atoms with Gasteiger partial charge in [-0.1, -0.05) is 142 Å². The van der Waals surface area contributed by atoms with Crippen LogP contribution in [0.1, 0.15) is 149 Å². The molecule has 0 fully saturated rings. The Bertz CT molecular complexity index is 388. The molecule has 0 aromatic carbocycles. The van der Waals surface area contributed by atoms with Gasteiger partial charge in [-0.3, -0.25) is 0 Å². The van der Waals surface area contributed by atoms with Crippen molar-refractivity contribution >= 4 is 5.97 Å². The van der Waals surface area contributed by atoms with Crippen LogP contribution in [0.3, 0.4) is 0 Å². The summed E-state index contributed by atoms with van der Waals surface area (Å²) >= 11 is 0. The van der Waals surface area contributed by atoms with Crippen LogP contribution in [-0.2, 0) is 9.53 Å². The minimum Gasteiger partial charge on any atom is -0.462 e. The zero-order valence-electron chi connectivity index (χ0n) is 21.0. The number of ether oxygens (including phenoxy) is 1. The van der Waals surface area contributed by atoms with Crippen molar-refractivity contribution in [1.29, 1.82) is 0 Å². The van der Waals surface area contributed by atoms with E-state index in [-0.39, 0.29) is 5.97 Å². The van der Waals surface area contributed by atoms with E-state index in [1.54, 1.807) is 6.92 Å². The van der Waals surface area contributed by atoms with Crippen LogP contribution in [0.25, 0.3) is 0 Å². The van der Waals surface area contributed by atoms with E-state index in [9.17, 15) is 4.79 Å². The highest BCUT2D eigenvalue weighted by Gasteiger charge is 2.03. The molecule has 0 saturated heterocycles. The van der Waals surface area contributed by atoms with Gasteiger partial charge in [0.1, 0.15) is 0 Å². The average molecular weight is 423 g/mol. The number of carbonyl (C=O) groups excluding carboxylic acids is 1. The predicted molar refractivity (Wildman–Crippen MR) is 133 cm³/mol. The molecule has 1 atom stereocenters. The van der Waals surface area contributed by atoms with Gasteiger partial charge in [0.25, 0.3) is 0 Å². The van der Waals surface area contributed by atoms with Crippen molar-refractivity contribution in [2.24, 2.45) is 5.92 Å². The fourth-order valence-electron chi connectivity index (χ4n) is 4.07. The van der Waals surface area contributed by atoms with Crippen molar-refractivity contribution in [2.45, 2.75) is 149 Å². The van der Waals surface area contributed by atoms with E-state index >= 15 is 0 Å². The van der Waals surface area contributed by atoms with Gasteiger partial charge in [0.2, 0.25) is 0 Å². The van der Waals surface area contributed by atoms with Crippen LogP contribution in [-0.4, -0.2) is 12.6 Å². The van der Waals surface area contributed by atoms with Crippen LogP contribution in [0.4, 0.5) is 0 Å². The Morgan fingerprint density at radius 1 is 0.667 bits per heavy atom. The Morgan fingerprint density at radius 2 is 1.03 bits per heavy atom. The van der Waals surface area contributed by atoms with E-state index in [2.05, 4.69) is 20.4 Å². The van der Waals surface area contributed by atoms with Crippen molar-refractivity contribution < 1.29 is 9.53 Å². The molecule has 0 spiro atoms. The fourth-order valence-corrected chi connectivity index (χ4v) is 4.07. The first-order valence-corrected chi connectivity index (χ1v) is 13.4. The van der Waals surface area contributed by atoms with Gasteiger partial charge in [-0.25, -0.2) is 4.79 Å². The van der Waals surface area contributed by atoms with Crippen LogP contribution in [0.2, 0.25) is 0 Å². The predicted octanol–water partition coefficient (Wildman–Crippen LogP) is 9.56. The Morgan fingerprint density at radius 3 is 1.43 bits per heavy atom. The first kappa shape index (κ1) is 29.2. The molecule has 0 rings (SSSR count). The summed E-state index contributed by atoms with van der Waals surface area (Å²) in [6, 6.07) is 0. The molecule has 0 radical (unpaired) electrons. The largest absolute Gasteiger partial charge is 0.462 e. The summed E-state index contributed by atoms with van der Waals surface area (Å²) in [4.78, 5) is 11.2. The van der Waals surface area contributed by atoms with Gasteiger partial charge in [0.15, 0.2) is 0 Å². The third-order valence-corrected chi connectivity index (χ3v) is 6.22. The van der Waals surface area contributed by atoms with Crippen LogP contribution in [0.15, 0.2) is 12.2 Å². The Balaban J connectivity index is 3.17. The van der Waals surface area contributed by atoms with Crippen molar-refractivity contribution in [2.75, 3.05) is 6.61 Å². The zero-order chi connectivity index (χ0) is 22.3. The number of esters is 1. The highest BCUT2D eigenvalue weighted by atomic mass is 16.5. The maximum Gasteiger partial charge on any atom is 0.333 e. The second-order valence-corrected chi connectivity index (χ2v) is 9.61. The number of rotatable bonds is 23. The molecule has 0 aromatic heterocycles. The third kappa shape index (κ3) is 21.9. The van der Waals surface area contributed by atoms with Gasteiger partial charge in [-0.05, 0) is 19.3 Å². The minimum atomic E-state index is -0.252. The summed E-state index contributed by atoms with van der Waals surface area (Å²) in [7, 11) is 0. The molecular formula is C28H54O2. The monoisotopic (exact) mass is 422 g/mol. The van der Waals surface area contributed by atoms with E-state index in [1.807, 2.05) is 0 Å². The standard InChI is InChI=1S/C28H54O2/c1-5-6-7-8-17-20-23-27(4)24-21-18-15-13-11-9-10-12-14-16-19-22-25-30-28(29)26(2)3/h27H,2,5-25H2,1,3-4H3. The lowest BCUT2D eigenvalue weighted by Crippen LogP contribution is -2.05. The van der Waals surface area contributed by atoms with Gasteiger partial charge in [-0.2, -0.15) is 0 Å². The van der Waals surface area contributed by atoms with Crippen molar-refractivity contribution in [3.05, 3.63) is 12.2 Å². The molecule has 0 aliphatic rings. The first-order chi connectivity index (χ1) is 14.6. The lowest BCUT2D eigenvalue weighted by Gasteiger charge is -2.11. The molecule has 0 aliphatic carbocycles. The molecule has 0 amide bonds. The van der Waals surface area contributed by atoms with Crippen LogP contribution in [0.5, 0.6) is 0 Å². The lowest BCUT2D eigenvalue weighted by molar-refractivity contribution is -0.139. The molecule has 0 aromatic rings. The van der Waals surface area contributed by atoms with Gasteiger partial charge >= 0.3 is 5.97 Å². The fraction of sp³-hybridized carbons (Fsp3) is 0.893. The maximum absolute atomic E-state index is 11.2. The second-order valence-electron chi connectivity index (χ2n) is 9.61. The Labute approximate surface area is 189 Å². The molecule has 2 nitrogen and oxygen atoms in total. The molecule has 0 N–H and O–H groups in total. The van der Waals surface area contributed by atoms with E-state index in [0.29, 0.717) is 12.2 Å². The van der Waals surface area contributed by atoms with E-state index in [4.69, 9.17) is 4.74 Å². The zero-order valence-corrected chi connectivity index (χ0v) is 21.0. The Kier molecular flexibility index (Phi) is 22.3. The SMILES string of the molecule is C=C(C)C(=O)OCCCCCCCCCCCCCCC(C)CCCCCCCC. The number of unbranched alkanes of at least 4 members (excludes halogenated alkanes) is 16. The molecule has 0 saturated carbocycles. The van der Waals surface area contributed by atoms with E-state index < -0.39 is 0 Å². The maximum atomic E-state index is 11.2. The third-order valence-electron chi connectivity index (χ3n) is 6.22. The summed E-state index contributed by atoms with van der Waals surface area (Å²) in [6.45, 7) is 10.6. The average Bonchev–Trinajstić information content (AvgIpc) is 2.73. The first-order valence-electron chi connectivity index (χ1n) is 13.4. The minimum absolute atomic E-state index is 0.252. The van der Waals surface area contributed by atoms with E-state index in [1.165, 1.54) is 122 Å². The summed E-state index contributed by atoms with van der Waals surface area (Å²) in [5.41, 5.74) is 0.494. The number of hydrogen-bond donors (Lipinski definition) is 0. The van der Waals surface area contributed by atoms with Crippen LogP contribution in [0, 0.1) is 5.92 Å². The number of hydrogen-bond acceptors (Lipinski definition) is 2. The number of carbonyl (C=O) groups is 1. The van der Waals surface area contributed by atoms with Crippen molar-refractivity contribution in [3.8, 4) is 0 Å². The summed E-state index contributed by atoms with van der Waals surface area (Å²) in [6.07, 6.45) is 27.5. The van der Waals surface area contributed by atoms with Gasteiger partial charge in [0, 0.05) is 5.57 Å². The molecule has 178 valence electrons. The Hall–Kier alpha value is -0.790. The molecule has 30 heavy (non-hydrogen) atoms. The molecular weight excluding hydrogens is 368 g/mol. The normalized spacial score (nSPS) is 12.1. The van der Waals surface area contributed by atoms with Crippen molar-refractivity contribution in [3.63, 3.8) is 0 Å². The second kappa shape index (κ2) is 22.9. The summed E-state index contributed by atoms with van der Waals surface area (Å²) in [5, 5.41) is 0. The quantitative estimate of drug-likeness (QED) is 0.0930. The summed E-state index contributed by atoms with van der Waals surface area (Å²) < 4.78 is 5.11. The smallest absolute Gasteiger partial charge is 0.333 e. The van der Waals surface area contributed by atoms with Gasteiger partial charge in [0.05, 0.1) is 6.61 Å². The van der Waals surface area contributed by atoms with Gasteiger partial charge < -0.3 is 4.74 Å². The van der Waals surface area contributed by atoms with Crippen molar-refractivity contribution in [1.82, 2.24) is 0 Å². The molecule has 0 aliphatic heterocycles. The molecule has 0 heterocycles. The van der Waals surface area contributed by atoms with E-state index in [0.717, 1.165) is 12.3 Å². The lowest BCUT2D eigenvalue weighted by atomic mass is 9.96. The summed E-state index contributed by atoms with van der Waals surface area (Å²) in [5.74, 6) is 0.687. The van der Waals surface area contributed by atoms with Gasteiger partial charge in [-0.15, -0.1) is 0 Å². The topological polar surface area (TPSA) is 26.3 Å². The highest BCUT2D eigenvalue weighted by molar-refractivity contribution is 5.86. The van der Waals surface area contributed by atoms with Crippen LogP contribution >= 0.6 is 0 Å². The van der Waals surface area contributed by atoms with Crippen LogP contribution < -0.4 is 0 Å². The molecule has 1 unspecified atom stereocenters. The molecule has 0 bridgehead atoms. The molecule has 2 heteroatoms. The highest BCUT2D eigenvalue weighted by Crippen LogP contribution is 2.19.